The first kappa shape index (κ1) is 18.6. The molecule has 1 saturated carbocycles. The lowest BCUT2D eigenvalue weighted by Gasteiger charge is -2.18. The Morgan fingerprint density at radius 1 is 1.25 bits per heavy atom. The van der Waals surface area contributed by atoms with Crippen molar-refractivity contribution in [3.8, 4) is 0 Å². The number of nitrogens with one attached hydrogen (secondary N) is 2. The van der Waals surface area contributed by atoms with Crippen LogP contribution in [-0.4, -0.2) is 18.4 Å². The molecule has 0 atom stereocenters. The summed E-state index contributed by atoms with van der Waals surface area (Å²) in [5, 5.41) is 4.82. The second-order valence-corrected chi connectivity index (χ2v) is 6.27. The van der Waals surface area contributed by atoms with Crippen LogP contribution in [0.1, 0.15) is 38.2 Å². The molecule has 2 N–H and O–H groups in total. The van der Waals surface area contributed by atoms with E-state index in [0.29, 0.717) is 19.4 Å². The summed E-state index contributed by atoms with van der Waals surface area (Å²) in [6, 6.07) is 3.10. The molecule has 1 aromatic rings. The molecular formula is C16H18ClF3N2O2. The van der Waals surface area contributed by atoms with Crippen LogP contribution in [0, 0.1) is 5.41 Å². The Kier molecular flexibility index (Phi) is 5.42. The van der Waals surface area contributed by atoms with Gasteiger partial charge in [0.1, 0.15) is 5.41 Å². The third kappa shape index (κ3) is 4.01. The molecule has 1 aliphatic rings. The number of hydrogen-bond donors (Lipinski definition) is 2. The molecule has 2 rings (SSSR count). The first-order valence-electron chi connectivity index (χ1n) is 7.67. The largest absolute Gasteiger partial charge is 0.418 e. The Hall–Kier alpha value is -1.76. The minimum Gasteiger partial charge on any atom is -0.355 e. The minimum absolute atomic E-state index is 0.0845. The zero-order chi connectivity index (χ0) is 18.0. The fourth-order valence-electron chi connectivity index (χ4n) is 2.33. The molecule has 0 radical (unpaired) electrons. The smallest absolute Gasteiger partial charge is 0.355 e. The zero-order valence-corrected chi connectivity index (χ0v) is 13.9. The highest BCUT2D eigenvalue weighted by atomic mass is 35.5. The maximum atomic E-state index is 13.1. The van der Waals surface area contributed by atoms with E-state index in [4.69, 9.17) is 11.6 Å². The summed E-state index contributed by atoms with van der Waals surface area (Å²) in [6.07, 6.45) is -2.34. The monoisotopic (exact) mass is 362 g/mol. The highest BCUT2D eigenvalue weighted by Gasteiger charge is 2.56. The maximum absolute atomic E-state index is 13.1. The molecule has 0 bridgehead atoms. The van der Waals surface area contributed by atoms with Crippen LogP contribution in [0.3, 0.4) is 0 Å². The molecule has 24 heavy (non-hydrogen) atoms. The van der Waals surface area contributed by atoms with Gasteiger partial charge >= 0.3 is 6.18 Å². The van der Waals surface area contributed by atoms with Crippen LogP contribution in [0.25, 0.3) is 0 Å². The molecule has 1 fully saturated rings. The van der Waals surface area contributed by atoms with E-state index < -0.39 is 34.7 Å². The molecule has 1 aromatic carbocycles. The van der Waals surface area contributed by atoms with Gasteiger partial charge in [-0.15, -0.1) is 0 Å². The van der Waals surface area contributed by atoms with Crippen LogP contribution in [0.5, 0.6) is 0 Å². The summed E-state index contributed by atoms with van der Waals surface area (Å²) in [7, 11) is 0. The molecule has 0 saturated heterocycles. The van der Waals surface area contributed by atoms with Crippen LogP contribution in [0.2, 0.25) is 5.02 Å². The van der Waals surface area contributed by atoms with E-state index in [0.717, 1.165) is 25.0 Å². The van der Waals surface area contributed by atoms with Crippen LogP contribution >= 0.6 is 11.6 Å². The number of carbonyl (C=O) groups excluding carboxylic acids is 2. The van der Waals surface area contributed by atoms with E-state index in [1.54, 1.807) is 0 Å². The van der Waals surface area contributed by atoms with E-state index >= 15 is 0 Å². The molecule has 0 spiro atoms. The van der Waals surface area contributed by atoms with Crippen molar-refractivity contribution in [1.29, 1.82) is 0 Å². The van der Waals surface area contributed by atoms with Crippen molar-refractivity contribution in [3.63, 3.8) is 0 Å². The number of halogens is 4. The quantitative estimate of drug-likeness (QED) is 0.593. The number of amides is 2. The number of anilines is 1. The summed E-state index contributed by atoms with van der Waals surface area (Å²) in [6.45, 7) is 2.41. The number of rotatable bonds is 6. The Morgan fingerprint density at radius 3 is 2.46 bits per heavy atom. The van der Waals surface area contributed by atoms with Crippen molar-refractivity contribution < 1.29 is 22.8 Å². The summed E-state index contributed by atoms with van der Waals surface area (Å²) < 4.78 is 39.2. The number of hydrogen-bond acceptors (Lipinski definition) is 2. The van der Waals surface area contributed by atoms with Crippen LogP contribution in [0.4, 0.5) is 18.9 Å². The van der Waals surface area contributed by atoms with E-state index in [1.165, 1.54) is 6.07 Å². The molecule has 2 amide bonds. The number of carbonyl (C=O) groups is 2. The SMILES string of the molecule is CCCCNC(=O)C1(C(=O)Nc2ccc(Cl)cc2C(F)(F)F)CC1. The molecule has 4 nitrogen and oxygen atoms in total. The van der Waals surface area contributed by atoms with E-state index in [2.05, 4.69) is 10.6 Å². The topological polar surface area (TPSA) is 58.2 Å². The predicted molar refractivity (Wildman–Crippen MR) is 84.7 cm³/mol. The molecule has 0 heterocycles. The Balaban J connectivity index is 2.14. The van der Waals surface area contributed by atoms with Gasteiger partial charge in [-0.05, 0) is 37.5 Å². The van der Waals surface area contributed by atoms with Crippen molar-refractivity contribution in [2.75, 3.05) is 11.9 Å². The van der Waals surface area contributed by atoms with E-state index in [9.17, 15) is 22.8 Å². The second kappa shape index (κ2) is 7.01. The fourth-order valence-corrected chi connectivity index (χ4v) is 2.50. The molecule has 0 aromatic heterocycles. The van der Waals surface area contributed by atoms with Gasteiger partial charge in [0.05, 0.1) is 11.3 Å². The third-order valence-corrected chi connectivity index (χ3v) is 4.21. The van der Waals surface area contributed by atoms with Crippen molar-refractivity contribution in [1.82, 2.24) is 5.32 Å². The number of unbranched alkanes of at least 4 members (excludes halogenated alkanes) is 1. The van der Waals surface area contributed by atoms with Gasteiger partial charge in [0, 0.05) is 11.6 Å². The minimum atomic E-state index is -4.66. The van der Waals surface area contributed by atoms with E-state index in [-0.39, 0.29) is 5.02 Å². The highest BCUT2D eigenvalue weighted by Crippen LogP contribution is 2.47. The summed E-state index contributed by atoms with van der Waals surface area (Å²) in [4.78, 5) is 24.5. The predicted octanol–water partition coefficient (Wildman–Crippen LogP) is 3.99. The van der Waals surface area contributed by atoms with Gasteiger partial charge in [0.15, 0.2) is 0 Å². The van der Waals surface area contributed by atoms with Crippen molar-refractivity contribution in [2.24, 2.45) is 5.41 Å². The molecule has 0 aliphatic heterocycles. The van der Waals surface area contributed by atoms with Crippen molar-refractivity contribution >= 4 is 29.1 Å². The average Bonchev–Trinajstić information content (AvgIpc) is 3.30. The first-order valence-corrected chi connectivity index (χ1v) is 8.05. The lowest BCUT2D eigenvalue weighted by molar-refractivity contribution is -0.137. The average molecular weight is 363 g/mol. The van der Waals surface area contributed by atoms with Crippen LogP contribution in [-0.2, 0) is 15.8 Å². The Bertz CT molecular complexity index is 643. The fraction of sp³-hybridized carbons (Fsp3) is 0.500. The van der Waals surface area contributed by atoms with Crippen molar-refractivity contribution in [2.45, 2.75) is 38.8 Å². The first-order chi connectivity index (χ1) is 11.2. The lowest BCUT2D eigenvalue weighted by atomic mass is 10.0. The molecule has 8 heteroatoms. The van der Waals surface area contributed by atoms with Gasteiger partial charge in [-0.2, -0.15) is 13.2 Å². The molecule has 132 valence electrons. The van der Waals surface area contributed by atoms with Crippen molar-refractivity contribution in [3.05, 3.63) is 28.8 Å². The summed E-state index contributed by atoms with van der Waals surface area (Å²) >= 11 is 5.61. The van der Waals surface area contributed by atoms with Crippen LogP contribution in [0.15, 0.2) is 18.2 Å². The molecule has 0 unspecified atom stereocenters. The molecule has 1 aliphatic carbocycles. The van der Waals surface area contributed by atoms with Gasteiger partial charge in [0.25, 0.3) is 0 Å². The third-order valence-electron chi connectivity index (χ3n) is 3.97. The van der Waals surface area contributed by atoms with Crippen LogP contribution < -0.4 is 10.6 Å². The highest BCUT2D eigenvalue weighted by molar-refractivity contribution is 6.30. The standard InChI is InChI=1S/C16H18ClF3N2O2/c1-2-3-8-21-13(23)15(6-7-15)14(24)22-12-5-4-10(17)9-11(12)16(18,19)20/h4-5,9H,2-3,6-8H2,1H3,(H,21,23)(H,22,24). The van der Waals surface area contributed by atoms with Gasteiger partial charge in [-0.1, -0.05) is 24.9 Å². The Morgan fingerprint density at radius 2 is 1.92 bits per heavy atom. The number of alkyl halides is 3. The van der Waals surface area contributed by atoms with Gasteiger partial charge < -0.3 is 10.6 Å². The molecular weight excluding hydrogens is 345 g/mol. The van der Waals surface area contributed by atoms with Gasteiger partial charge in [-0.25, -0.2) is 0 Å². The number of benzene rings is 1. The zero-order valence-electron chi connectivity index (χ0n) is 13.1. The van der Waals surface area contributed by atoms with E-state index in [1.807, 2.05) is 6.92 Å². The van der Waals surface area contributed by atoms with Gasteiger partial charge in [-0.3, -0.25) is 9.59 Å². The second-order valence-electron chi connectivity index (χ2n) is 5.83. The lowest BCUT2D eigenvalue weighted by Crippen LogP contribution is -2.40. The summed E-state index contributed by atoms with van der Waals surface area (Å²) in [5.74, 6) is -1.15. The van der Waals surface area contributed by atoms with Gasteiger partial charge in [0.2, 0.25) is 11.8 Å². The normalized spacial score (nSPS) is 15.7. The Labute approximate surface area is 142 Å². The maximum Gasteiger partial charge on any atom is 0.418 e. The summed E-state index contributed by atoms with van der Waals surface area (Å²) in [5.41, 5.74) is -2.70.